The number of hydrogen-bond acceptors (Lipinski definition) is 2. The number of benzene rings is 1. The second-order valence-corrected chi connectivity index (χ2v) is 5.02. The van der Waals surface area contributed by atoms with Gasteiger partial charge in [0.05, 0.1) is 13.0 Å². The van der Waals surface area contributed by atoms with Gasteiger partial charge in [0.25, 0.3) is 0 Å². The first-order valence-electron chi connectivity index (χ1n) is 5.89. The summed E-state index contributed by atoms with van der Waals surface area (Å²) in [4.78, 5) is 11.2. The maximum atomic E-state index is 11.2. The van der Waals surface area contributed by atoms with E-state index in [0.717, 1.165) is 17.7 Å². The molecule has 1 aromatic rings. The van der Waals surface area contributed by atoms with E-state index >= 15 is 0 Å². The van der Waals surface area contributed by atoms with Crippen molar-refractivity contribution in [2.75, 3.05) is 7.11 Å². The normalized spacial score (nSPS) is 26.9. The summed E-state index contributed by atoms with van der Waals surface area (Å²) in [6, 6.07) is 7.78. The molecule has 0 saturated heterocycles. The summed E-state index contributed by atoms with van der Waals surface area (Å²) in [7, 11) is 1.63. The molecule has 1 N–H and O–H groups in total. The van der Waals surface area contributed by atoms with Gasteiger partial charge in [-0.3, -0.25) is 4.79 Å². The number of methoxy groups -OCH3 is 1. The van der Waals surface area contributed by atoms with Crippen molar-refractivity contribution in [3.05, 3.63) is 29.8 Å². The summed E-state index contributed by atoms with van der Waals surface area (Å²) in [6.45, 7) is 4.17. The summed E-state index contributed by atoms with van der Waals surface area (Å²) in [5.74, 6) is 0.158. The number of carboxylic acid groups (broad SMARTS) is 1. The Hall–Kier alpha value is -1.51. The van der Waals surface area contributed by atoms with E-state index in [1.807, 2.05) is 24.3 Å². The number of carbonyl (C=O) groups is 1. The lowest BCUT2D eigenvalue weighted by Gasteiger charge is -2.22. The Kier molecular flexibility index (Phi) is 2.86. The van der Waals surface area contributed by atoms with Crippen LogP contribution in [0.1, 0.15) is 25.8 Å². The lowest BCUT2D eigenvalue weighted by atomic mass is 9.82. The fraction of sp³-hybridized carbons (Fsp3) is 0.500. The summed E-state index contributed by atoms with van der Waals surface area (Å²) in [5, 5.41) is 9.19. The molecule has 2 rings (SSSR count). The van der Waals surface area contributed by atoms with Crippen LogP contribution in [0.3, 0.4) is 0 Å². The third-order valence-corrected chi connectivity index (χ3v) is 3.94. The molecule has 1 unspecified atom stereocenters. The van der Waals surface area contributed by atoms with Gasteiger partial charge in [-0.1, -0.05) is 26.0 Å². The molecule has 92 valence electrons. The van der Waals surface area contributed by atoms with Gasteiger partial charge in [0.2, 0.25) is 0 Å². The molecule has 1 aliphatic rings. The van der Waals surface area contributed by atoms with E-state index in [-0.39, 0.29) is 11.3 Å². The minimum Gasteiger partial charge on any atom is -0.497 e. The Balaban J connectivity index is 2.39. The van der Waals surface area contributed by atoms with E-state index in [1.165, 1.54) is 0 Å². The minimum absolute atomic E-state index is 0.208. The van der Waals surface area contributed by atoms with Crippen LogP contribution in [0, 0.1) is 11.8 Å². The van der Waals surface area contributed by atoms with Gasteiger partial charge < -0.3 is 9.84 Å². The molecule has 3 nitrogen and oxygen atoms in total. The van der Waals surface area contributed by atoms with E-state index in [9.17, 15) is 9.90 Å². The van der Waals surface area contributed by atoms with Crippen LogP contribution in [-0.2, 0) is 10.2 Å². The largest absolute Gasteiger partial charge is 0.497 e. The van der Waals surface area contributed by atoms with Crippen molar-refractivity contribution in [1.29, 1.82) is 0 Å². The van der Waals surface area contributed by atoms with E-state index in [1.54, 1.807) is 7.11 Å². The topological polar surface area (TPSA) is 46.5 Å². The SMILES string of the molecule is COc1cccc(C2(C(C)C)C[C@H]2C(=O)O)c1. The number of carboxylic acids is 1. The lowest BCUT2D eigenvalue weighted by molar-refractivity contribution is -0.139. The molecule has 0 amide bonds. The molecule has 0 heterocycles. The van der Waals surface area contributed by atoms with Crippen molar-refractivity contribution in [2.45, 2.75) is 25.7 Å². The summed E-state index contributed by atoms with van der Waals surface area (Å²) >= 11 is 0. The summed E-state index contributed by atoms with van der Waals surface area (Å²) in [5.41, 5.74) is 0.875. The quantitative estimate of drug-likeness (QED) is 0.871. The second-order valence-electron chi connectivity index (χ2n) is 5.02. The molecule has 2 atom stereocenters. The van der Waals surface area contributed by atoms with Crippen LogP contribution in [-0.4, -0.2) is 18.2 Å². The molecule has 17 heavy (non-hydrogen) atoms. The van der Waals surface area contributed by atoms with E-state index in [4.69, 9.17) is 4.74 Å². The van der Waals surface area contributed by atoms with E-state index in [2.05, 4.69) is 13.8 Å². The van der Waals surface area contributed by atoms with Crippen LogP contribution in [0.2, 0.25) is 0 Å². The van der Waals surface area contributed by atoms with Gasteiger partial charge in [0, 0.05) is 5.41 Å². The summed E-state index contributed by atoms with van der Waals surface area (Å²) in [6.07, 6.45) is 0.729. The van der Waals surface area contributed by atoms with Gasteiger partial charge in [-0.2, -0.15) is 0 Å². The van der Waals surface area contributed by atoms with Gasteiger partial charge in [-0.15, -0.1) is 0 Å². The van der Waals surface area contributed by atoms with Crippen molar-refractivity contribution in [1.82, 2.24) is 0 Å². The highest BCUT2D eigenvalue weighted by Crippen LogP contribution is 2.59. The van der Waals surface area contributed by atoms with Crippen molar-refractivity contribution in [3.8, 4) is 5.75 Å². The van der Waals surface area contributed by atoms with Crippen LogP contribution < -0.4 is 4.74 Å². The van der Waals surface area contributed by atoms with Crippen LogP contribution in [0.25, 0.3) is 0 Å². The van der Waals surface area contributed by atoms with Crippen LogP contribution >= 0.6 is 0 Å². The van der Waals surface area contributed by atoms with Crippen molar-refractivity contribution in [2.24, 2.45) is 11.8 Å². The predicted molar refractivity (Wildman–Crippen MR) is 65.3 cm³/mol. The first kappa shape index (κ1) is 12.0. The number of ether oxygens (including phenoxy) is 1. The van der Waals surface area contributed by atoms with Crippen molar-refractivity contribution in [3.63, 3.8) is 0 Å². The molecule has 1 aromatic carbocycles. The highest BCUT2D eigenvalue weighted by atomic mass is 16.5. The van der Waals surface area contributed by atoms with E-state index < -0.39 is 5.97 Å². The van der Waals surface area contributed by atoms with Gasteiger partial charge in [0.15, 0.2) is 0 Å². The van der Waals surface area contributed by atoms with Crippen molar-refractivity contribution < 1.29 is 14.6 Å². The van der Waals surface area contributed by atoms with Crippen LogP contribution in [0.4, 0.5) is 0 Å². The number of hydrogen-bond donors (Lipinski definition) is 1. The van der Waals surface area contributed by atoms with Crippen LogP contribution in [0.15, 0.2) is 24.3 Å². The molecule has 0 bridgehead atoms. The number of rotatable bonds is 4. The maximum Gasteiger partial charge on any atom is 0.307 e. The molecular formula is C14H18O3. The first-order valence-corrected chi connectivity index (χ1v) is 5.89. The van der Waals surface area contributed by atoms with Gasteiger partial charge in [-0.25, -0.2) is 0 Å². The standard InChI is InChI=1S/C14H18O3/c1-9(2)14(8-12(14)13(15)16)10-5-4-6-11(7-10)17-3/h4-7,9,12H,8H2,1-3H3,(H,15,16)/t12-,14?/m0/s1. The second kappa shape index (κ2) is 4.06. The van der Waals surface area contributed by atoms with Crippen LogP contribution in [0.5, 0.6) is 5.75 Å². The fourth-order valence-electron chi connectivity index (χ4n) is 2.79. The zero-order valence-electron chi connectivity index (χ0n) is 10.4. The highest BCUT2D eigenvalue weighted by molar-refractivity contribution is 5.77. The Labute approximate surface area is 101 Å². The lowest BCUT2D eigenvalue weighted by Crippen LogP contribution is -2.21. The molecule has 0 aromatic heterocycles. The fourth-order valence-corrected chi connectivity index (χ4v) is 2.79. The average molecular weight is 234 g/mol. The zero-order valence-corrected chi connectivity index (χ0v) is 10.4. The number of aliphatic carboxylic acids is 1. The molecule has 1 aliphatic carbocycles. The highest BCUT2D eigenvalue weighted by Gasteiger charge is 2.61. The smallest absolute Gasteiger partial charge is 0.307 e. The van der Waals surface area contributed by atoms with Gasteiger partial charge >= 0.3 is 5.97 Å². The third-order valence-electron chi connectivity index (χ3n) is 3.94. The molecule has 1 saturated carbocycles. The zero-order chi connectivity index (χ0) is 12.6. The summed E-state index contributed by atoms with van der Waals surface area (Å²) < 4.78 is 5.21. The van der Waals surface area contributed by atoms with Gasteiger partial charge in [-0.05, 0) is 30.0 Å². The molecule has 1 fully saturated rings. The Morgan fingerprint density at radius 1 is 1.53 bits per heavy atom. The van der Waals surface area contributed by atoms with Gasteiger partial charge in [0.1, 0.15) is 5.75 Å². The Bertz CT molecular complexity index is 439. The third kappa shape index (κ3) is 1.79. The maximum absolute atomic E-state index is 11.2. The molecular weight excluding hydrogens is 216 g/mol. The Morgan fingerprint density at radius 2 is 2.24 bits per heavy atom. The molecule has 0 radical (unpaired) electrons. The molecule has 0 spiro atoms. The monoisotopic (exact) mass is 234 g/mol. The first-order chi connectivity index (χ1) is 8.02. The van der Waals surface area contributed by atoms with E-state index in [0.29, 0.717) is 5.92 Å². The average Bonchev–Trinajstić information content (AvgIpc) is 3.06. The predicted octanol–water partition coefficient (Wildman–Crippen LogP) is 2.69. The Morgan fingerprint density at radius 3 is 2.71 bits per heavy atom. The molecule has 3 heteroatoms. The van der Waals surface area contributed by atoms with Crippen molar-refractivity contribution >= 4 is 5.97 Å². The molecule has 0 aliphatic heterocycles. The minimum atomic E-state index is -0.693.